The highest BCUT2D eigenvalue weighted by molar-refractivity contribution is 5.43. The number of benzene rings is 1. The van der Waals surface area contributed by atoms with Crippen molar-refractivity contribution in [2.75, 3.05) is 17.2 Å². The van der Waals surface area contributed by atoms with Gasteiger partial charge in [-0.25, -0.2) is 4.98 Å². The predicted octanol–water partition coefficient (Wildman–Crippen LogP) is 3.97. The first-order valence-electron chi connectivity index (χ1n) is 7.35. The van der Waals surface area contributed by atoms with Crippen molar-refractivity contribution in [1.82, 2.24) is 9.97 Å². The number of rotatable bonds is 6. The van der Waals surface area contributed by atoms with Crippen LogP contribution in [0, 0.1) is 0 Å². The van der Waals surface area contributed by atoms with Gasteiger partial charge in [-0.15, -0.1) is 0 Å². The lowest BCUT2D eigenvalue weighted by molar-refractivity contribution is -0.141. The normalized spacial score (nSPS) is 11.6. The average molecular weight is 324 g/mol. The second kappa shape index (κ2) is 7.30. The van der Waals surface area contributed by atoms with E-state index in [9.17, 15) is 13.2 Å². The number of anilines is 2. The Balaban J connectivity index is 2.10. The summed E-state index contributed by atoms with van der Waals surface area (Å²) >= 11 is 0. The summed E-state index contributed by atoms with van der Waals surface area (Å²) in [7, 11) is 0. The third-order valence-corrected chi connectivity index (χ3v) is 3.00. The van der Waals surface area contributed by atoms with Gasteiger partial charge in [0.25, 0.3) is 0 Å². The molecule has 0 aliphatic heterocycles. The highest BCUT2D eigenvalue weighted by atomic mass is 19.4. The number of nitrogens with one attached hydrogen (secondary N) is 2. The molecule has 0 atom stereocenters. The lowest BCUT2D eigenvalue weighted by Gasteiger charge is -2.14. The highest BCUT2D eigenvalue weighted by Gasteiger charge is 2.33. The quantitative estimate of drug-likeness (QED) is 0.844. The smallest absolute Gasteiger partial charge is 0.370 e. The van der Waals surface area contributed by atoms with Gasteiger partial charge in [-0.2, -0.15) is 18.2 Å². The van der Waals surface area contributed by atoms with Crippen molar-refractivity contribution in [2.45, 2.75) is 32.5 Å². The molecule has 0 saturated heterocycles. The van der Waals surface area contributed by atoms with E-state index >= 15 is 0 Å². The van der Waals surface area contributed by atoms with Gasteiger partial charge >= 0.3 is 6.18 Å². The first-order chi connectivity index (χ1) is 10.8. The lowest BCUT2D eigenvalue weighted by atomic mass is 10.1. The van der Waals surface area contributed by atoms with Gasteiger partial charge in [-0.1, -0.05) is 30.3 Å². The molecule has 0 radical (unpaired) electrons. The maximum Gasteiger partial charge on any atom is 0.433 e. The van der Waals surface area contributed by atoms with E-state index in [0.29, 0.717) is 13.0 Å². The van der Waals surface area contributed by atoms with Gasteiger partial charge in [0, 0.05) is 18.7 Å². The summed E-state index contributed by atoms with van der Waals surface area (Å²) in [6.45, 7) is 4.11. The van der Waals surface area contributed by atoms with E-state index in [1.165, 1.54) is 0 Å². The Morgan fingerprint density at radius 3 is 2.39 bits per heavy atom. The second-order valence-electron chi connectivity index (χ2n) is 5.42. The molecular formula is C16H19F3N4. The minimum absolute atomic E-state index is 0.0305. The van der Waals surface area contributed by atoms with Crippen LogP contribution in [-0.2, 0) is 12.6 Å². The summed E-state index contributed by atoms with van der Waals surface area (Å²) in [6.07, 6.45) is -3.81. The van der Waals surface area contributed by atoms with Crippen molar-refractivity contribution >= 4 is 11.8 Å². The van der Waals surface area contributed by atoms with Crippen LogP contribution in [-0.4, -0.2) is 22.6 Å². The zero-order valence-electron chi connectivity index (χ0n) is 13.0. The summed E-state index contributed by atoms with van der Waals surface area (Å²) in [4.78, 5) is 7.61. The molecular weight excluding hydrogens is 305 g/mol. The SMILES string of the molecule is CC(C)Nc1nc(NCCc2ccccc2)cc(C(F)(F)F)n1. The predicted molar refractivity (Wildman–Crippen MR) is 84.4 cm³/mol. The van der Waals surface area contributed by atoms with Gasteiger partial charge < -0.3 is 10.6 Å². The number of hydrogen-bond donors (Lipinski definition) is 2. The Morgan fingerprint density at radius 2 is 1.78 bits per heavy atom. The molecule has 23 heavy (non-hydrogen) atoms. The number of nitrogens with zero attached hydrogens (tertiary/aromatic N) is 2. The molecule has 0 amide bonds. The van der Waals surface area contributed by atoms with E-state index in [1.807, 2.05) is 44.2 Å². The molecule has 0 fully saturated rings. The minimum atomic E-state index is -4.51. The standard InChI is InChI=1S/C16H19F3N4/c1-11(2)21-15-22-13(16(17,18)19)10-14(23-15)20-9-8-12-6-4-3-5-7-12/h3-7,10-11H,8-9H2,1-2H3,(H2,20,21,22,23). The van der Waals surface area contributed by atoms with E-state index in [0.717, 1.165) is 11.6 Å². The van der Waals surface area contributed by atoms with E-state index < -0.39 is 11.9 Å². The van der Waals surface area contributed by atoms with Gasteiger partial charge in [-0.05, 0) is 25.8 Å². The largest absolute Gasteiger partial charge is 0.433 e. The van der Waals surface area contributed by atoms with Crippen LogP contribution in [0.25, 0.3) is 0 Å². The Bertz CT molecular complexity index is 627. The topological polar surface area (TPSA) is 49.8 Å². The molecule has 0 spiro atoms. The van der Waals surface area contributed by atoms with Crippen LogP contribution in [0.4, 0.5) is 24.9 Å². The van der Waals surface area contributed by atoms with Gasteiger partial charge in [0.1, 0.15) is 5.82 Å². The fraction of sp³-hybridized carbons (Fsp3) is 0.375. The minimum Gasteiger partial charge on any atom is -0.370 e. The maximum absolute atomic E-state index is 12.9. The maximum atomic E-state index is 12.9. The summed E-state index contributed by atoms with van der Waals surface area (Å²) < 4.78 is 38.8. The lowest BCUT2D eigenvalue weighted by Crippen LogP contribution is -2.18. The van der Waals surface area contributed by atoms with E-state index in [2.05, 4.69) is 20.6 Å². The van der Waals surface area contributed by atoms with Crippen molar-refractivity contribution in [3.63, 3.8) is 0 Å². The number of hydrogen-bond acceptors (Lipinski definition) is 4. The summed E-state index contributed by atoms with van der Waals surface area (Å²) in [5, 5.41) is 5.73. The first-order valence-corrected chi connectivity index (χ1v) is 7.35. The Morgan fingerprint density at radius 1 is 1.09 bits per heavy atom. The van der Waals surface area contributed by atoms with Gasteiger partial charge in [0.05, 0.1) is 0 Å². The molecule has 2 aromatic rings. The van der Waals surface area contributed by atoms with Crippen molar-refractivity contribution in [3.05, 3.63) is 47.7 Å². The van der Waals surface area contributed by atoms with Gasteiger partial charge in [-0.3, -0.25) is 0 Å². The molecule has 124 valence electrons. The van der Waals surface area contributed by atoms with Crippen LogP contribution in [0.2, 0.25) is 0 Å². The van der Waals surface area contributed by atoms with Crippen LogP contribution in [0.3, 0.4) is 0 Å². The van der Waals surface area contributed by atoms with Crippen molar-refractivity contribution < 1.29 is 13.2 Å². The second-order valence-corrected chi connectivity index (χ2v) is 5.42. The highest BCUT2D eigenvalue weighted by Crippen LogP contribution is 2.29. The Labute approximate surface area is 133 Å². The first kappa shape index (κ1) is 17.1. The van der Waals surface area contributed by atoms with Crippen LogP contribution < -0.4 is 10.6 Å². The molecule has 2 rings (SSSR count). The van der Waals surface area contributed by atoms with Crippen LogP contribution in [0.15, 0.2) is 36.4 Å². The molecule has 1 aromatic carbocycles. The van der Waals surface area contributed by atoms with Crippen molar-refractivity contribution in [1.29, 1.82) is 0 Å². The molecule has 0 saturated carbocycles. The summed E-state index contributed by atoms with van der Waals surface area (Å²) in [5.74, 6) is 0.128. The fourth-order valence-corrected chi connectivity index (χ4v) is 1.99. The molecule has 0 aliphatic carbocycles. The van der Waals surface area contributed by atoms with Crippen LogP contribution >= 0.6 is 0 Å². The zero-order valence-corrected chi connectivity index (χ0v) is 13.0. The van der Waals surface area contributed by atoms with E-state index in [1.54, 1.807) is 0 Å². The fourth-order valence-electron chi connectivity index (χ4n) is 1.99. The monoisotopic (exact) mass is 324 g/mol. The molecule has 1 aromatic heterocycles. The molecule has 0 aliphatic rings. The van der Waals surface area contributed by atoms with Gasteiger partial charge in [0.2, 0.25) is 5.95 Å². The third-order valence-electron chi connectivity index (χ3n) is 3.00. The molecule has 2 N–H and O–H groups in total. The van der Waals surface area contributed by atoms with E-state index in [4.69, 9.17) is 0 Å². The van der Waals surface area contributed by atoms with E-state index in [-0.39, 0.29) is 17.8 Å². The van der Waals surface area contributed by atoms with Crippen molar-refractivity contribution in [2.24, 2.45) is 0 Å². The van der Waals surface area contributed by atoms with Crippen molar-refractivity contribution in [3.8, 4) is 0 Å². The summed E-state index contributed by atoms with van der Waals surface area (Å²) in [6, 6.07) is 10.6. The average Bonchev–Trinajstić information content (AvgIpc) is 2.46. The number of halogens is 3. The van der Waals surface area contributed by atoms with Crippen LogP contribution in [0.5, 0.6) is 0 Å². The Hall–Kier alpha value is -2.31. The molecule has 4 nitrogen and oxygen atoms in total. The third kappa shape index (κ3) is 5.43. The molecule has 7 heteroatoms. The number of aromatic nitrogens is 2. The number of alkyl halides is 3. The van der Waals surface area contributed by atoms with Gasteiger partial charge in [0.15, 0.2) is 5.69 Å². The molecule has 0 bridgehead atoms. The molecule has 1 heterocycles. The molecule has 0 unspecified atom stereocenters. The zero-order chi connectivity index (χ0) is 16.9. The van der Waals surface area contributed by atoms with Crippen LogP contribution in [0.1, 0.15) is 25.1 Å². The Kier molecular flexibility index (Phi) is 5.41. The summed E-state index contributed by atoms with van der Waals surface area (Å²) in [5.41, 5.74) is 0.142.